The maximum atomic E-state index is 11.9. The SMILES string of the molecule is CCn1cc(NC(=O)NC[C@H]2CN(CC(C)C)CCO2)cn1. The van der Waals surface area contributed by atoms with Gasteiger partial charge in [-0.2, -0.15) is 5.10 Å². The van der Waals surface area contributed by atoms with Crippen molar-refractivity contribution in [1.82, 2.24) is 20.0 Å². The summed E-state index contributed by atoms with van der Waals surface area (Å²) in [5.74, 6) is 0.644. The molecule has 0 saturated carbocycles. The van der Waals surface area contributed by atoms with Crippen LogP contribution < -0.4 is 10.6 Å². The molecule has 0 bridgehead atoms. The second-order valence-electron chi connectivity index (χ2n) is 6.07. The maximum absolute atomic E-state index is 11.9. The highest BCUT2D eigenvalue weighted by molar-refractivity contribution is 5.88. The van der Waals surface area contributed by atoms with Crippen LogP contribution in [0.3, 0.4) is 0 Å². The Kier molecular flexibility index (Phi) is 6.21. The first-order chi connectivity index (χ1) is 10.6. The number of aromatic nitrogens is 2. The van der Waals surface area contributed by atoms with E-state index < -0.39 is 0 Å². The number of rotatable bonds is 6. The largest absolute Gasteiger partial charge is 0.374 e. The number of ether oxygens (including phenoxy) is 1. The van der Waals surface area contributed by atoms with Crippen LogP contribution in [0.2, 0.25) is 0 Å². The molecule has 0 aromatic carbocycles. The molecule has 1 fully saturated rings. The molecule has 0 spiro atoms. The first kappa shape index (κ1) is 16.8. The van der Waals surface area contributed by atoms with Gasteiger partial charge in [-0.15, -0.1) is 0 Å². The zero-order chi connectivity index (χ0) is 15.9. The molecule has 0 aliphatic carbocycles. The first-order valence-corrected chi connectivity index (χ1v) is 7.98. The van der Waals surface area contributed by atoms with E-state index in [2.05, 4.69) is 34.5 Å². The second kappa shape index (κ2) is 8.14. The smallest absolute Gasteiger partial charge is 0.319 e. The lowest BCUT2D eigenvalue weighted by molar-refractivity contribution is -0.0288. The lowest BCUT2D eigenvalue weighted by Gasteiger charge is -2.33. The predicted molar refractivity (Wildman–Crippen MR) is 85.9 cm³/mol. The molecule has 7 nitrogen and oxygen atoms in total. The van der Waals surface area contributed by atoms with Gasteiger partial charge in [0.05, 0.1) is 24.6 Å². The van der Waals surface area contributed by atoms with Gasteiger partial charge in [0.15, 0.2) is 0 Å². The Labute approximate surface area is 132 Å². The lowest BCUT2D eigenvalue weighted by atomic mass is 10.2. The van der Waals surface area contributed by atoms with Crippen LogP contribution in [0.15, 0.2) is 12.4 Å². The fraction of sp³-hybridized carbons (Fsp3) is 0.733. The molecule has 1 aromatic rings. The molecule has 2 rings (SSSR count). The van der Waals surface area contributed by atoms with Crippen LogP contribution in [0, 0.1) is 5.92 Å². The Balaban J connectivity index is 1.71. The van der Waals surface area contributed by atoms with Crippen LogP contribution in [-0.4, -0.2) is 59.6 Å². The van der Waals surface area contributed by atoms with Crippen molar-refractivity contribution in [2.45, 2.75) is 33.4 Å². The van der Waals surface area contributed by atoms with Crippen LogP contribution in [0.25, 0.3) is 0 Å². The molecule has 1 aliphatic rings. The van der Waals surface area contributed by atoms with E-state index in [0.717, 1.165) is 32.8 Å². The first-order valence-electron chi connectivity index (χ1n) is 7.98. The Bertz CT molecular complexity index is 474. The quantitative estimate of drug-likeness (QED) is 0.833. The third-order valence-electron chi connectivity index (χ3n) is 3.55. The van der Waals surface area contributed by atoms with Gasteiger partial charge in [0.1, 0.15) is 0 Å². The minimum Gasteiger partial charge on any atom is -0.374 e. The number of urea groups is 1. The standard InChI is InChI=1S/C15H27N5O2/c1-4-20-10-13(7-17-20)18-15(21)16-8-14-11-19(5-6-22-14)9-12(2)3/h7,10,12,14H,4-6,8-9,11H2,1-3H3,(H2,16,18,21)/t14-/m0/s1. The van der Waals surface area contributed by atoms with Gasteiger partial charge in [-0.1, -0.05) is 13.8 Å². The topological polar surface area (TPSA) is 71.4 Å². The molecule has 7 heteroatoms. The van der Waals surface area contributed by atoms with Crippen molar-refractivity contribution in [3.05, 3.63) is 12.4 Å². The number of morpholine rings is 1. The zero-order valence-electron chi connectivity index (χ0n) is 13.7. The molecule has 1 aliphatic heterocycles. The van der Waals surface area contributed by atoms with Gasteiger partial charge in [0, 0.05) is 38.9 Å². The molecule has 124 valence electrons. The Morgan fingerprint density at radius 1 is 1.55 bits per heavy atom. The number of carbonyl (C=O) groups is 1. The van der Waals surface area contributed by atoms with E-state index in [-0.39, 0.29) is 12.1 Å². The monoisotopic (exact) mass is 309 g/mol. The Morgan fingerprint density at radius 3 is 3.05 bits per heavy atom. The van der Waals surface area contributed by atoms with Crippen molar-refractivity contribution in [1.29, 1.82) is 0 Å². The van der Waals surface area contributed by atoms with Crippen molar-refractivity contribution in [2.75, 3.05) is 38.1 Å². The summed E-state index contributed by atoms with van der Waals surface area (Å²) in [5.41, 5.74) is 0.699. The molecule has 1 saturated heterocycles. The van der Waals surface area contributed by atoms with Crippen LogP contribution >= 0.6 is 0 Å². The average molecular weight is 309 g/mol. The van der Waals surface area contributed by atoms with E-state index in [0.29, 0.717) is 18.2 Å². The summed E-state index contributed by atoms with van der Waals surface area (Å²) in [5, 5.41) is 9.76. The van der Waals surface area contributed by atoms with Crippen LogP contribution in [0.1, 0.15) is 20.8 Å². The van der Waals surface area contributed by atoms with Crippen molar-refractivity contribution < 1.29 is 9.53 Å². The van der Waals surface area contributed by atoms with E-state index >= 15 is 0 Å². The van der Waals surface area contributed by atoms with Gasteiger partial charge in [0.2, 0.25) is 0 Å². The molecule has 0 unspecified atom stereocenters. The number of nitrogens with one attached hydrogen (secondary N) is 2. The van der Waals surface area contributed by atoms with Gasteiger partial charge in [0.25, 0.3) is 0 Å². The number of anilines is 1. The summed E-state index contributed by atoms with van der Waals surface area (Å²) >= 11 is 0. The molecule has 1 aromatic heterocycles. The molecule has 0 radical (unpaired) electrons. The van der Waals surface area contributed by atoms with Gasteiger partial charge in [-0.25, -0.2) is 4.79 Å². The number of nitrogens with zero attached hydrogens (tertiary/aromatic N) is 3. The van der Waals surface area contributed by atoms with Gasteiger partial charge >= 0.3 is 6.03 Å². The number of hydrogen-bond acceptors (Lipinski definition) is 4. The summed E-state index contributed by atoms with van der Waals surface area (Å²) in [4.78, 5) is 14.3. The van der Waals surface area contributed by atoms with E-state index in [1.54, 1.807) is 17.1 Å². The van der Waals surface area contributed by atoms with Crippen molar-refractivity contribution in [3.8, 4) is 0 Å². The van der Waals surface area contributed by atoms with Gasteiger partial charge < -0.3 is 15.4 Å². The average Bonchev–Trinajstić information content (AvgIpc) is 2.92. The summed E-state index contributed by atoms with van der Waals surface area (Å²) in [6, 6.07) is -0.222. The molecule has 1 atom stereocenters. The minimum atomic E-state index is -0.222. The highest BCUT2D eigenvalue weighted by Crippen LogP contribution is 2.08. The highest BCUT2D eigenvalue weighted by atomic mass is 16.5. The molecular formula is C15H27N5O2. The van der Waals surface area contributed by atoms with Crippen LogP contribution in [0.5, 0.6) is 0 Å². The minimum absolute atomic E-state index is 0.0524. The van der Waals surface area contributed by atoms with Crippen molar-refractivity contribution >= 4 is 11.7 Å². The summed E-state index contributed by atoms with van der Waals surface area (Å²) < 4.78 is 7.48. The van der Waals surface area contributed by atoms with E-state index in [1.807, 2.05) is 6.92 Å². The second-order valence-corrected chi connectivity index (χ2v) is 6.07. The Morgan fingerprint density at radius 2 is 2.36 bits per heavy atom. The highest BCUT2D eigenvalue weighted by Gasteiger charge is 2.21. The van der Waals surface area contributed by atoms with Gasteiger partial charge in [-0.3, -0.25) is 9.58 Å². The maximum Gasteiger partial charge on any atom is 0.319 e. The van der Waals surface area contributed by atoms with Crippen LogP contribution in [0.4, 0.5) is 10.5 Å². The lowest BCUT2D eigenvalue weighted by Crippen LogP contribution is -2.48. The molecule has 22 heavy (non-hydrogen) atoms. The van der Waals surface area contributed by atoms with E-state index in [4.69, 9.17) is 4.74 Å². The van der Waals surface area contributed by atoms with E-state index in [9.17, 15) is 4.79 Å². The predicted octanol–water partition coefficient (Wildman–Crippen LogP) is 1.38. The number of amides is 2. The fourth-order valence-electron chi connectivity index (χ4n) is 2.57. The molecule has 2 N–H and O–H groups in total. The van der Waals surface area contributed by atoms with Crippen molar-refractivity contribution in [3.63, 3.8) is 0 Å². The molecule has 2 heterocycles. The third kappa shape index (κ3) is 5.31. The zero-order valence-corrected chi connectivity index (χ0v) is 13.7. The van der Waals surface area contributed by atoms with Gasteiger partial charge in [-0.05, 0) is 12.8 Å². The van der Waals surface area contributed by atoms with Crippen LogP contribution in [-0.2, 0) is 11.3 Å². The summed E-state index contributed by atoms with van der Waals surface area (Å²) in [6.45, 7) is 11.4. The fourth-order valence-corrected chi connectivity index (χ4v) is 2.57. The molecular weight excluding hydrogens is 282 g/mol. The third-order valence-corrected chi connectivity index (χ3v) is 3.55. The molecule has 2 amide bonds. The number of hydrogen-bond donors (Lipinski definition) is 2. The Hall–Kier alpha value is -1.60. The summed E-state index contributed by atoms with van der Waals surface area (Å²) in [7, 11) is 0. The number of aryl methyl sites for hydroxylation is 1. The van der Waals surface area contributed by atoms with Crippen molar-refractivity contribution in [2.24, 2.45) is 5.92 Å². The normalized spacial score (nSPS) is 19.4. The number of carbonyl (C=O) groups excluding carboxylic acids is 1. The summed E-state index contributed by atoms with van der Waals surface area (Å²) in [6.07, 6.45) is 3.50. The van der Waals surface area contributed by atoms with E-state index in [1.165, 1.54) is 0 Å².